The van der Waals surface area contributed by atoms with E-state index in [1.165, 1.54) is 5.56 Å². The largest absolute Gasteiger partial charge is 0.354 e. The molecule has 27 heavy (non-hydrogen) atoms. The number of rotatable bonds is 8. The molecule has 0 spiro atoms. The lowest BCUT2D eigenvalue weighted by molar-refractivity contribution is 0.0953. The lowest BCUT2D eigenvalue weighted by atomic mass is 10.2. The molecule has 1 amide bonds. The summed E-state index contributed by atoms with van der Waals surface area (Å²) in [5.41, 5.74) is 2.05. The minimum Gasteiger partial charge on any atom is -0.354 e. The SMILES string of the molecule is CCCCCNC(=O)c1ccnc(N2CCN(Cc3ccccc3)CC2)c1. The second kappa shape index (κ2) is 10.1. The van der Waals surface area contributed by atoms with Crippen LogP contribution >= 0.6 is 0 Å². The van der Waals surface area contributed by atoms with Crippen molar-refractivity contribution in [2.45, 2.75) is 32.7 Å². The summed E-state index contributed by atoms with van der Waals surface area (Å²) in [6.45, 7) is 7.76. The van der Waals surface area contributed by atoms with Gasteiger partial charge in [-0.25, -0.2) is 4.98 Å². The third kappa shape index (κ3) is 5.79. The first kappa shape index (κ1) is 19.4. The third-order valence-corrected chi connectivity index (χ3v) is 5.02. The van der Waals surface area contributed by atoms with Gasteiger partial charge in [-0.15, -0.1) is 0 Å². The molecule has 1 aliphatic heterocycles. The molecule has 1 N–H and O–H groups in total. The Hall–Kier alpha value is -2.40. The van der Waals surface area contributed by atoms with Gasteiger partial charge in [-0.1, -0.05) is 50.1 Å². The second-order valence-corrected chi connectivity index (χ2v) is 7.11. The van der Waals surface area contributed by atoms with Gasteiger partial charge >= 0.3 is 0 Å². The Morgan fingerprint density at radius 2 is 1.85 bits per heavy atom. The summed E-state index contributed by atoms with van der Waals surface area (Å²) in [5, 5.41) is 3.00. The number of amides is 1. The van der Waals surface area contributed by atoms with Gasteiger partial charge in [-0.05, 0) is 24.1 Å². The molecule has 1 fully saturated rings. The van der Waals surface area contributed by atoms with Gasteiger partial charge in [0.25, 0.3) is 5.91 Å². The fourth-order valence-corrected chi connectivity index (χ4v) is 3.39. The van der Waals surface area contributed by atoms with Crippen LogP contribution in [0, 0.1) is 0 Å². The summed E-state index contributed by atoms with van der Waals surface area (Å²) in [5.74, 6) is 0.896. The van der Waals surface area contributed by atoms with E-state index in [1.54, 1.807) is 12.3 Å². The maximum absolute atomic E-state index is 12.3. The van der Waals surface area contributed by atoms with Crippen LogP contribution in [0.25, 0.3) is 0 Å². The Morgan fingerprint density at radius 3 is 2.59 bits per heavy atom. The summed E-state index contributed by atoms with van der Waals surface area (Å²) in [4.78, 5) is 21.6. The van der Waals surface area contributed by atoms with Gasteiger partial charge in [0, 0.05) is 51.0 Å². The minimum absolute atomic E-state index is 0.00235. The molecule has 0 bridgehead atoms. The molecule has 1 aliphatic rings. The molecule has 1 aromatic heterocycles. The Kier molecular flexibility index (Phi) is 7.22. The van der Waals surface area contributed by atoms with E-state index >= 15 is 0 Å². The number of hydrogen-bond acceptors (Lipinski definition) is 4. The van der Waals surface area contributed by atoms with Crippen LogP contribution in [0.5, 0.6) is 0 Å². The number of nitrogens with zero attached hydrogens (tertiary/aromatic N) is 3. The van der Waals surface area contributed by atoms with E-state index in [0.717, 1.165) is 64.3 Å². The molecule has 5 heteroatoms. The number of hydrogen-bond donors (Lipinski definition) is 1. The van der Waals surface area contributed by atoms with Crippen LogP contribution in [0.1, 0.15) is 42.1 Å². The lowest BCUT2D eigenvalue weighted by Crippen LogP contribution is -2.46. The van der Waals surface area contributed by atoms with Gasteiger partial charge < -0.3 is 10.2 Å². The van der Waals surface area contributed by atoms with Crippen molar-refractivity contribution in [1.82, 2.24) is 15.2 Å². The Morgan fingerprint density at radius 1 is 1.07 bits per heavy atom. The molecular weight excluding hydrogens is 336 g/mol. The molecule has 144 valence electrons. The molecule has 0 atom stereocenters. The molecule has 2 aromatic rings. The summed E-state index contributed by atoms with van der Waals surface area (Å²) < 4.78 is 0. The first-order chi connectivity index (χ1) is 13.3. The highest BCUT2D eigenvalue weighted by Gasteiger charge is 2.19. The van der Waals surface area contributed by atoms with E-state index < -0.39 is 0 Å². The molecule has 3 rings (SSSR count). The zero-order valence-electron chi connectivity index (χ0n) is 16.2. The van der Waals surface area contributed by atoms with Gasteiger partial charge in [-0.3, -0.25) is 9.69 Å². The number of piperazine rings is 1. The Labute approximate surface area is 162 Å². The van der Waals surface area contributed by atoms with Crippen molar-refractivity contribution in [2.75, 3.05) is 37.6 Å². The molecular formula is C22H30N4O. The topological polar surface area (TPSA) is 48.5 Å². The molecule has 0 saturated carbocycles. The number of aromatic nitrogens is 1. The fourth-order valence-electron chi connectivity index (χ4n) is 3.39. The molecule has 1 aromatic carbocycles. The molecule has 5 nitrogen and oxygen atoms in total. The monoisotopic (exact) mass is 366 g/mol. The average molecular weight is 367 g/mol. The summed E-state index contributed by atoms with van der Waals surface area (Å²) in [6, 6.07) is 14.3. The highest BCUT2D eigenvalue weighted by atomic mass is 16.1. The lowest BCUT2D eigenvalue weighted by Gasteiger charge is -2.35. The zero-order valence-corrected chi connectivity index (χ0v) is 16.2. The van der Waals surface area contributed by atoms with Crippen LogP contribution < -0.4 is 10.2 Å². The summed E-state index contributed by atoms with van der Waals surface area (Å²) in [6.07, 6.45) is 5.08. The van der Waals surface area contributed by atoms with Gasteiger partial charge in [-0.2, -0.15) is 0 Å². The van der Waals surface area contributed by atoms with E-state index in [-0.39, 0.29) is 5.91 Å². The Balaban J connectivity index is 1.51. The van der Waals surface area contributed by atoms with E-state index in [9.17, 15) is 4.79 Å². The van der Waals surface area contributed by atoms with Crippen molar-refractivity contribution in [3.8, 4) is 0 Å². The van der Waals surface area contributed by atoms with Gasteiger partial charge in [0.05, 0.1) is 0 Å². The van der Waals surface area contributed by atoms with Crippen LogP contribution in [0.4, 0.5) is 5.82 Å². The van der Waals surface area contributed by atoms with E-state index in [2.05, 4.69) is 57.4 Å². The fraction of sp³-hybridized carbons (Fsp3) is 0.455. The van der Waals surface area contributed by atoms with Crippen molar-refractivity contribution in [3.05, 3.63) is 59.8 Å². The van der Waals surface area contributed by atoms with Crippen LogP contribution in [-0.2, 0) is 6.54 Å². The number of benzene rings is 1. The number of nitrogens with one attached hydrogen (secondary N) is 1. The van der Waals surface area contributed by atoms with Crippen molar-refractivity contribution >= 4 is 11.7 Å². The molecule has 0 radical (unpaired) electrons. The average Bonchev–Trinajstić information content (AvgIpc) is 2.72. The van der Waals surface area contributed by atoms with Crippen molar-refractivity contribution < 1.29 is 4.79 Å². The summed E-state index contributed by atoms with van der Waals surface area (Å²) >= 11 is 0. The van der Waals surface area contributed by atoms with Crippen molar-refractivity contribution in [3.63, 3.8) is 0 Å². The Bertz CT molecular complexity index is 711. The normalized spacial score (nSPS) is 14.9. The maximum Gasteiger partial charge on any atom is 0.251 e. The number of carbonyl (C=O) groups excluding carboxylic acids is 1. The zero-order chi connectivity index (χ0) is 18.9. The predicted molar refractivity (Wildman–Crippen MR) is 110 cm³/mol. The standard InChI is InChI=1S/C22H30N4O/c1-2-3-7-11-24-22(27)20-10-12-23-21(17-20)26-15-13-25(14-16-26)18-19-8-5-4-6-9-19/h4-6,8-10,12,17H,2-3,7,11,13-16,18H2,1H3,(H,24,27). The number of anilines is 1. The van der Waals surface area contributed by atoms with Crippen LogP contribution in [0.15, 0.2) is 48.7 Å². The summed E-state index contributed by atoms with van der Waals surface area (Å²) in [7, 11) is 0. The molecule has 1 saturated heterocycles. The maximum atomic E-state index is 12.3. The van der Waals surface area contributed by atoms with Crippen molar-refractivity contribution in [1.29, 1.82) is 0 Å². The highest BCUT2D eigenvalue weighted by Crippen LogP contribution is 2.16. The van der Waals surface area contributed by atoms with E-state index in [1.807, 2.05) is 6.07 Å². The van der Waals surface area contributed by atoms with E-state index in [4.69, 9.17) is 0 Å². The highest BCUT2D eigenvalue weighted by molar-refractivity contribution is 5.94. The third-order valence-electron chi connectivity index (χ3n) is 5.02. The number of pyridine rings is 1. The number of unbranched alkanes of at least 4 members (excludes halogenated alkanes) is 2. The molecule has 0 aliphatic carbocycles. The van der Waals surface area contributed by atoms with Crippen LogP contribution in [0.2, 0.25) is 0 Å². The van der Waals surface area contributed by atoms with Gasteiger partial charge in [0.15, 0.2) is 0 Å². The van der Waals surface area contributed by atoms with Gasteiger partial charge in [0.1, 0.15) is 5.82 Å². The van der Waals surface area contributed by atoms with Gasteiger partial charge in [0.2, 0.25) is 0 Å². The molecule has 0 unspecified atom stereocenters. The first-order valence-corrected chi connectivity index (χ1v) is 10.0. The quantitative estimate of drug-likeness (QED) is 0.728. The molecule has 2 heterocycles. The van der Waals surface area contributed by atoms with E-state index in [0.29, 0.717) is 5.56 Å². The van der Waals surface area contributed by atoms with Crippen molar-refractivity contribution in [2.24, 2.45) is 0 Å². The smallest absolute Gasteiger partial charge is 0.251 e. The van der Waals surface area contributed by atoms with Crippen LogP contribution in [-0.4, -0.2) is 48.5 Å². The van der Waals surface area contributed by atoms with Crippen LogP contribution in [0.3, 0.4) is 0 Å². The predicted octanol–water partition coefficient (Wildman–Crippen LogP) is 3.32. The minimum atomic E-state index is -0.00235. The second-order valence-electron chi connectivity index (χ2n) is 7.11. The first-order valence-electron chi connectivity index (χ1n) is 10.0. The number of carbonyl (C=O) groups is 1.